The number of para-hydroxylation sites is 1. The maximum Gasteiger partial charge on any atom is 0.203 e. The number of carbonyl (C=O) groups is 1. The molecule has 0 N–H and O–H groups in total. The van der Waals surface area contributed by atoms with Crippen molar-refractivity contribution in [2.45, 2.75) is 6.92 Å². The molecule has 0 fully saturated rings. The molecule has 0 aliphatic heterocycles. The summed E-state index contributed by atoms with van der Waals surface area (Å²) in [6, 6.07) is 11.9. The van der Waals surface area contributed by atoms with Crippen molar-refractivity contribution < 1.29 is 14.3 Å². The van der Waals surface area contributed by atoms with Gasteiger partial charge in [-0.1, -0.05) is 35.3 Å². The minimum atomic E-state index is -0.162. The second kappa shape index (κ2) is 7.34. The normalized spacial score (nSPS) is 10.2. The van der Waals surface area contributed by atoms with Crippen molar-refractivity contribution in [3.05, 3.63) is 58.1 Å². The quantitative estimate of drug-likeness (QED) is 0.725. The molecule has 3 nitrogen and oxygen atoms in total. The molecule has 21 heavy (non-hydrogen) atoms. The van der Waals surface area contributed by atoms with Crippen LogP contribution in [0.3, 0.4) is 0 Å². The average Bonchev–Trinajstić information content (AvgIpc) is 2.49. The summed E-state index contributed by atoms with van der Waals surface area (Å²) < 4.78 is 10.9. The zero-order valence-corrected chi connectivity index (χ0v) is 12.9. The van der Waals surface area contributed by atoms with Crippen LogP contribution in [0, 0.1) is 0 Å². The second-order valence-corrected chi connectivity index (χ2v) is 5.03. The Morgan fingerprint density at radius 1 is 1.05 bits per heavy atom. The molecule has 0 aromatic heterocycles. The summed E-state index contributed by atoms with van der Waals surface area (Å²) in [6.07, 6.45) is 0. The lowest BCUT2D eigenvalue weighted by molar-refractivity contribution is 0.0917. The van der Waals surface area contributed by atoms with Crippen LogP contribution in [0.2, 0.25) is 10.0 Å². The summed E-state index contributed by atoms with van der Waals surface area (Å²) in [4.78, 5) is 12.2. The third-order valence-corrected chi connectivity index (χ3v) is 3.49. The minimum Gasteiger partial charge on any atom is -0.493 e. The topological polar surface area (TPSA) is 35.5 Å². The van der Waals surface area contributed by atoms with Gasteiger partial charge in [-0.2, -0.15) is 0 Å². The van der Waals surface area contributed by atoms with Crippen molar-refractivity contribution in [2.75, 3.05) is 13.2 Å². The molecule has 0 aliphatic rings. The van der Waals surface area contributed by atoms with Gasteiger partial charge in [0.1, 0.15) is 11.5 Å². The highest BCUT2D eigenvalue weighted by Gasteiger charge is 2.13. The molecule has 2 aromatic carbocycles. The van der Waals surface area contributed by atoms with Gasteiger partial charge in [-0.15, -0.1) is 0 Å². The number of hydrogen-bond donors (Lipinski definition) is 0. The van der Waals surface area contributed by atoms with Gasteiger partial charge < -0.3 is 9.47 Å². The number of ether oxygens (including phenoxy) is 2. The largest absolute Gasteiger partial charge is 0.493 e. The Hall–Kier alpha value is -1.71. The predicted octanol–water partition coefficient (Wildman–Crippen LogP) is 4.65. The number of benzene rings is 2. The van der Waals surface area contributed by atoms with E-state index in [0.29, 0.717) is 33.7 Å². The molecular formula is C16H14Cl2O3. The van der Waals surface area contributed by atoms with Crippen LogP contribution in [0.25, 0.3) is 0 Å². The van der Waals surface area contributed by atoms with Crippen molar-refractivity contribution in [1.82, 2.24) is 0 Å². The molecule has 0 spiro atoms. The van der Waals surface area contributed by atoms with Gasteiger partial charge in [-0.3, -0.25) is 4.79 Å². The van der Waals surface area contributed by atoms with Crippen molar-refractivity contribution in [3.63, 3.8) is 0 Å². The molecule has 0 amide bonds. The molecule has 0 aliphatic carbocycles. The lowest BCUT2D eigenvalue weighted by Gasteiger charge is -2.10. The standard InChI is InChI=1S/C16H14Cl2O3/c1-2-20-16-6-4-3-5-12(16)15(19)10-21-11-7-8-13(17)14(18)9-11/h3-9H,2,10H2,1H3. The van der Waals surface area contributed by atoms with Crippen LogP contribution >= 0.6 is 23.2 Å². The van der Waals surface area contributed by atoms with Crippen LogP contribution in [0.1, 0.15) is 17.3 Å². The Balaban J connectivity index is 2.06. The Bertz CT molecular complexity index is 641. The summed E-state index contributed by atoms with van der Waals surface area (Å²) in [5.41, 5.74) is 0.499. The fourth-order valence-electron chi connectivity index (χ4n) is 1.77. The molecule has 0 radical (unpaired) electrons. The van der Waals surface area contributed by atoms with Crippen LogP contribution in [-0.4, -0.2) is 19.0 Å². The fourth-order valence-corrected chi connectivity index (χ4v) is 2.06. The molecule has 0 saturated carbocycles. The lowest BCUT2D eigenvalue weighted by Crippen LogP contribution is -2.13. The van der Waals surface area contributed by atoms with Gasteiger partial charge in [0, 0.05) is 6.07 Å². The molecule has 110 valence electrons. The minimum absolute atomic E-state index is 0.0952. The monoisotopic (exact) mass is 324 g/mol. The van der Waals surface area contributed by atoms with E-state index in [2.05, 4.69) is 0 Å². The highest BCUT2D eigenvalue weighted by molar-refractivity contribution is 6.42. The van der Waals surface area contributed by atoms with Gasteiger partial charge >= 0.3 is 0 Å². The molecule has 2 rings (SSSR count). The van der Waals surface area contributed by atoms with Crippen LogP contribution in [0.5, 0.6) is 11.5 Å². The first-order valence-electron chi connectivity index (χ1n) is 6.44. The third-order valence-electron chi connectivity index (χ3n) is 2.75. The van der Waals surface area contributed by atoms with Crippen LogP contribution in [0.4, 0.5) is 0 Å². The van der Waals surface area contributed by atoms with Gasteiger partial charge in [0.2, 0.25) is 5.78 Å². The van der Waals surface area contributed by atoms with E-state index in [9.17, 15) is 4.79 Å². The molecule has 0 unspecified atom stereocenters. The Kier molecular flexibility index (Phi) is 5.48. The van der Waals surface area contributed by atoms with E-state index in [1.54, 1.807) is 36.4 Å². The van der Waals surface area contributed by atoms with E-state index < -0.39 is 0 Å². The van der Waals surface area contributed by atoms with Gasteiger partial charge in [0.25, 0.3) is 0 Å². The summed E-state index contributed by atoms with van der Waals surface area (Å²) >= 11 is 11.7. The molecule has 2 aromatic rings. The molecule has 0 atom stereocenters. The predicted molar refractivity (Wildman–Crippen MR) is 83.9 cm³/mol. The number of hydrogen-bond acceptors (Lipinski definition) is 3. The average molecular weight is 325 g/mol. The Morgan fingerprint density at radius 3 is 2.52 bits per heavy atom. The van der Waals surface area contributed by atoms with E-state index in [0.717, 1.165) is 0 Å². The van der Waals surface area contributed by atoms with Crippen molar-refractivity contribution >= 4 is 29.0 Å². The molecular weight excluding hydrogens is 311 g/mol. The summed E-state index contributed by atoms with van der Waals surface area (Å²) in [6.45, 7) is 2.27. The highest BCUT2D eigenvalue weighted by Crippen LogP contribution is 2.26. The van der Waals surface area contributed by atoms with E-state index in [-0.39, 0.29) is 12.4 Å². The SMILES string of the molecule is CCOc1ccccc1C(=O)COc1ccc(Cl)c(Cl)c1. The maximum atomic E-state index is 12.2. The molecule has 0 saturated heterocycles. The zero-order chi connectivity index (χ0) is 15.2. The van der Waals surface area contributed by atoms with E-state index in [1.807, 2.05) is 13.0 Å². The van der Waals surface area contributed by atoms with E-state index in [4.69, 9.17) is 32.7 Å². The zero-order valence-electron chi connectivity index (χ0n) is 11.4. The van der Waals surface area contributed by atoms with Crippen LogP contribution in [-0.2, 0) is 0 Å². The van der Waals surface area contributed by atoms with Gasteiger partial charge in [-0.05, 0) is 31.2 Å². The third kappa shape index (κ3) is 4.13. The smallest absolute Gasteiger partial charge is 0.203 e. The molecule has 5 heteroatoms. The summed E-state index contributed by atoms with van der Waals surface area (Å²) in [7, 11) is 0. The van der Waals surface area contributed by atoms with Gasteiger partial charge in [-0.25, -0.2) is 0 Å². The first-order chi connectivity index (χ1) is 10.1. The number of carbonyl (C=O) groups excluding carboxylic acids is 1. The first kappa shape index (κ1) is 15.7. The summed E-state index contributed by atoms with van der Waals surface area (Å²) in [5, 5.41) is 0.827. The van der Waals surface area contributed by atoms with E-state index in [1.165, 1.54) is 0 Å². The first-order valence-corrected chi connectivity index (χ1v) is 7.20. The van der Waals surface area contributed by atoms with Crippen molar-refractivity contribution in [1.29, 1.82) is 0 Å². The number of halogens is 2. The second-order valence-electron chi connectivity index (χ2n) is 4.22. The maximum absolute atomic E-state index is 12.2. The van der Waals surface area contributed by atoms with Gasteiger partial charge in [0.05, 0.1) is 22.2 Å². The molecule has 0 heterocycles. The van der Waals surface area contributed by atoms with Crippen LogP contribution in [0.15, 0.2) is 42.5 Å². The van der Waals surface area contributed by atoms with Crippen molar-refractivity contribution in [3.8, 4) is 11.5 Å². The summed E-state index contributed by atoms with van der Waals surface area (Å²) in [5.74, 6) is 0.888. The molecule has 0 bridgehead atoms. The highest BCUT2D eigenvalue weighted by atomic mass is 35.5. The van der Waals surface area contributed by atoms with E-state index >= 15 is 0 Å². The van der Waals surface area contributed by atoms with Crippen LogP contribution < -0.4 is 9.47 Å². The fraction of sp³-hybridized carbons (Fsp3) is 0.188. The number of ketones is 1. The Morgan fingerprint density at radius 2 is 1.81 bits per heavy atom. The Labute approximate surface area is 133 Å². The number of rotatable bonds is 6. The van der Waals surface area contributed by atoms with Gasteiger partial charge in [0.15, 0.2) is 6.61 Å². The lowest BCUT2D eigenvalue weighted by atomic mass is 10.1. The number of Topliss-reactive ketones (excluding diaryl/α,β-unsaturated/α-hetero) is 1. The van der Waals surface area contributed by atoms with Crippen molar-refractivity contribution in [2.24, 2.45) is 0 Å².